The molecule has 0 bridgehead atoms. The smallest absolute Gasteiger partial charge is 0.224 e. The predicted octanol–water partition coefficient (Wildman–Crippen LogP) is 3.34. The average molecular weight is 354 g/mol. The summed E-state index contributed by atoms with van der Waals surface area (Å²) in [4.78, 5) is 9.10. The van der Waals surface area contributed by atoms with Gasteiger partial charge in [-0.1, -0.05) is 24.3 Å². The molecule has 0 aliphatic carbocycles. The van der Waals surface area contributed by atoms with Crippen LogP contribution in [0.1, 0.15) is 19.5 Å². The van der Waals surface area contributed by atoms with Crippen molar-refractivity contribution >= 4 is 16.7 Å². The number of hydrogen-bond acceptors (Lipinski definition) is 5. The largest absolute Gasteiger partial charge is 0.393 e. The highest BCUT2D eigenvalue weighted by molar-refractivity contribution is 5.96. The van der Waals surface area contributed by atoms with Gasteiger partial charge in [0.25, 0.3) is 0 Å². The van der Waals surface area contributed by atoms with E-state index in [4.69, 9.17) is 0 Å². The third kappa shape index (κ3) is 3.98. The van der Waals surface area contributed by atoms with Crippen LogP contribution in [0.4, 0.5) is 10.3 Å². The minimum atomic E-state index is -0.516. The number of benzene rings is 2. The third-order valence-corrected chi connectivity index (χ3v) is 4.21. The molecule has 1 aromatic heterocycles. The molecule has 6 heteroatoms. The topological polar surface area (TPSA) is 70.1 Å². The molecule has 0 fully saturated rings. The van der Waals surface area contributed by atoms with Gasteiger partial charge in [0.1, 0.15) is 5.82 Å². The number of halogens is 1. The van der Waals surface area contributed by atoms with Gasteiger partial charge in [-0.3, -0.25) is 0 Å². The molecule has 0 radical (unpaired) electrons. The molecule has 2 aromatic carbocycles. The molecule has 5 nitrogen and oxygen atoms in total. The summed E-state index contributed by atoms with van der Waals surface area (Å²) in [5.74, 6) is 0.207. The van der Waals surface area contributed by atoms with E-state index in [1.165, 1.54) is 6.07 Å². The zero-order valence-corrected chi connectivity index (χ0v) is 15.1. The van der Waals surface area contributed by atoms with E-state index < -0.39 is 6.10 Å². The summed E-state index contributed by atoms with van der Waals surface area (Å²) in [5, 5.41) is 17.4. The summed E-state index contributed by atoms with van der Waals surface area (Å²) in [5.41, 5.74) is 2.25. The van der Waals surface area contributed by atoms with Crippen molar-refractivity contribution in [2.75, 3.05) is 12.4 Å². The SMILES string of the molecule is CNC(C)Nc1nc(CC(C)O)cc(-c2ccc(F)c3ccccc23)n1. The first kappa shape index (κ1) is 18.2. The second-order valence-electron chi connectivity index (χ2n) is 6.42. The van der Waals surface area contributed by atoms with Gasteiger partial charge >= 0.3 is 0 Å². The Morgan fingerprint density at radius 1 is 1.08 bits per heavy atom. The van der Waals surface area contributed by atoms with Gasteiger partial charge in [-0.2, -0.15) is 0 Å². The first-order valence-corrected chi connectivity index (χ1v) is 8.65. The quantitative estimate of drug-likeness (QED) is 0.592. The fourth-order valence-electron chi connectivity index (χ4n) is 2.86. The number of nitrogens with zero attached hydrogens (tertiary/aromatic N) is 2. The first-order chi connectivity index (χ1) is 12.5. The molecule has 136 valence electrons. The van der Waals surface area contributed by atoms with E-state index in [0.29, 0.717) is 23.4 Å². The van der Waals surface area contributed by atoms with Crippen LogP contribution in [0.2, 0.25) is 0 Å². The van der Waals surface area contributed by atoms with Crippen LogP contribution >= 0.6 is 0 Å². The highest BCUT2D eigenvalue weighted by atomic mass is 19.1. The summed E-state index contributed by atoms with van der Waals surface area (Å²) in [6.45, 7) is 3.68. The van der Waals surface area contributed by atoms with Crippen LogP contribution in [0.15, 0.2) is 42.5 Å². The first-order valence-electron chi connectivity index (χ1n) is 8.65. The van der Waals surface area contributed by atoms with E-state index >= 15 is 0 Å². The molecule has 0 aliphatic rings. The second-order valence-corrected chi connectivity index (χ2v) is 6.42. The molecular weight excluding hydrogens is 331 g/mol. The van der Waals surface area contributed by atoms with Crippen LogP contribution in [0.3, 0.4) is 0 Å². The lowest BCUT2D eigenvalue weighted by atomic mass is 10.0. The summed E-state index contributed by atoms with van der Waals surface area (Å²) in [7, 11) is 1.84. The minimum absolute atomic E-state index is 0.0189. The molecule has 0 saturated heterocycles. The van der Waals surface area contributed by atoms with Crippen molar-refractivity contribution in [1.29, 1.82) is 0 Å². The van der Waals surface area contributed by atoms with E-state index in [9.17, 15) is 9.50 Å². The van der Waals surface area contributed by atoms with Crippen LogP contribution < -0.4 is 10.6 Å². The Labute approximate surface area is 152 Å². The zero-order chi connectivity index (χ0) is 18.7. The predicted molar refractivity (Wildman–Crippen MR) is 102 cm³/mol. The lowest BCUT2D eigenvalue weighted by Crippen LogP contribution is -2.30. The Morgan fingerprint density at radius 2 is 1.81 bits per heavy atom. The molecule has 2 atom stereocenters. The van der Waals surface area contributed by atoms with Crippen LogP contribution in [-0.2, 0) is 6.42 Å². The van der Waals surface area contributed by atoms with Gasteiger partial charge in [0.05, 0.1) is 18.0 Å². The minimum Gasteiger partial charge on any atom is -0.393 e. The van der Waals surface area contributed by atoms with Gasteiger partial charge in [0.2, 0.25) is 5.95 Å². The normalized spacial score (nSPS) is 13.6. The van der Waals surface area contributed by atoms with Gasteiger partial charge in [-0.25, -0.2) is 14.4 Å². The average Bonchev–Trinajstić information content (AvgIpc) is 2.61. The summed E-state index contributed by atoms with van der Waals surface area (Å²) >= 11 is 0. The number of aliphatic hydroxyl groups is 1. The van der Waals surface area contributed by atoms with Crippen LogP contribution in [-0.4, -0.2) is 34.4 Å². The molecule has 26 heavy (non-hydrogen) atoms. The Hall–Kier alpha value is -2.57. The second kappa shape index (κ2) is 7.76. The van der Waals surface area contributed by atoms with Crippen molar-refractivity contribution in [3.8, 4) is 11.3 Å². The van der Waals surface area contributed by atoms with E-state index in [0.717, 1.165) is 16.6 Å². The molecule has 3 rings (SSSR count). The maximum Gasteiger partial charge on any atom is 0.224 e. The van der Waals surface area contributed by atoms with E-state index in [1.54, 1.807) is 19.1 Å². The molecule has 2 unspecified atom stereocenters. The molecule has 0 saturated carbocycles. The van der Waals surface area contributed by atoms with E-state index in [-0.39, 0.29) is 12.0 Å². The molecule has 3 N–H and O–H groups in total. The monoisotopic (exact) mass is 354 g/mol. The number of fused-ring (bicyclic) bond motifs is 1. The van der Waals surface area contributed by atoms with Crippen molar-refractivity contribution < 1.29 is 9.50 Å². The number of nitrogens with one attached hydrogen (secondary N) is 2. The van der Waals surface area contributed by atoms with Gasteiger partial charge in [-0.15, -0.1) is 0 Å². The lowest BCUT2D eigenvalue weighted by Gasteiger charge is -2.16. The van der Waals surface area contributed by atoms with Crippen LogP contribution in [0.25, 0.3) is 22.0 Å². The van der Waals surface area contributed by atoms with Crippen molar-refractivity contribution in [1.82, 2.24) is 15.3 Å². The van der Waals surface area contributed by atoms with Crippen molar-refractivity contribution in [3.63, 3.8) is 0 Å². The molecule has 0 amide bonds. The number of anilines is 1. The maximum atomic E-state index is 14.1. The van der Waals surface area contributed by atoms with Gasteiger partial charge in [0.15, 0.2) is 0 Å². The highest BCUT2D eigenvalue weighted by Gasteiger charge is 2.13. The Bertz CT molecular complexity index is 913. The Balaban J connectivity index is 2.14. The van der Waals surface area contributed by atoms with Crippen LogP contribution in [0, 0.1) is 5.82 Å². The van der Waals surface area contributed by atoms with Gasteiger partial charge in [0, 0.05) is 23.1 Å². The van der Waals surface area contributed by atoms with Crippen LogP contribution in [0.5, 0.6) is 0 Å². The maximum absolute atomic E-state index is 14.1. The summed E-state index contributed by atoms with van der Waals surface area (Å²) in [6, 6.07) is 12.4. The Kier molecular flexibility index (Phi) is 5.44. The van der Waals surface area contributed by atoms with Gasteiger partial charge in [-0.05, 0) is 44.5 Å². The van der Waals surface area contributed by atoms with Gasteiger partial charge < -0.3 is 15.7 Å². The standard InChI is InChI=1S/C20H23FN4O/c1-12(26)10-14-11-19(25-20(24-14)23-13(2)22-3)17-8-9-18(21)16-7-5-4-6-15(16)17/h4-9,11-13,22,26H,10H2,1-3H3,(H,23,24,25). The molecule has 0 spiro atoms. The zero-order valence-electron chi connectivity index (χ0n) is 15.1. The lowest BCUT2D eigenvalue weighted by molar-refractivity contribution is 0.194. The number of rotatable bonds is 6. The highest BCUT2D eigenvalue weighted by Crippen LogP contribution is 2.30. The third-order valence-electron chi connectivity index (χ3n) is 4.21. The number of aliphatic hydroxyl groups excluding tert-OH is 1. The van der Waals surface area contributed by atoms with E-state index in [2.05, 4.69) is 20.6 Å². The fourth-order valence-corrected chi connectivity index (χ4v) is 2.86. The summed E-state index contributed by atoms with van der Waals surface area (Å²) < 4.78 is 14.1. The van der Waals surface area contributed by atoms with Crippen molar-refractivity contribution in [2.24, 2.45) is 0 Å². The fraction of sp³-hybridized carbons (Fsp3) is 0.300. The molecule has 1 heterocycles. The molecule has 0 aliphatic heterocycles. The molecular formula is C20H23FN4O. The van der Waals surface area contributed by atoms with Crippen molar-refractivity contribution in [3.05, 3.63) is 54.0 Å². The van der Waals surface area contributed by atoms with Crippen molar-refractivity contribution in [2.45, 2.75) is 32.5 Å². The number of hydrogen-bond donors (Lipinski definition) is 3. The number of aromatic nitrogens is 2. The molecule has 3 aromatic rings. The Morgan fingerprint density at radius 3 is 2.50 bits per heavy atom. The summed E-state index contributed by atoms with van der Waals surface area (Å²) in [6.07, 6.45) is -0.121. The van der Waals surface area contributed by atoms with E-state index in [1.807, 2.05) is 38.2 Å².